The summed E-state index contributed by atoms with van der Waals surface area (Å²) in [5, 5.41) is 12.4. The first-order chi connectivity index (χ1) is 7.66. The number of rotatable bonds is 2. The van der Waals surface area contributed by atoms with E-state index >= 15 is 0 Å². The van der Waals surface area contributed by atoms with Crippen LogP contribution in [0.5, 0.6) is 5.75 Å². The average Bonchev–Trinajstić information content (AvgIpc) is 2.27. The Labute approximate surface area is 93.3 Å². The number of phenolic OH excluding ortho intramolecular Hbond substituents is 1. The third-order valence-electron chi connectivity index (χ3n) is 3.02. The van der Waals surface area contributed by atoms with Gasteiger partial charge in [0.15, 0.2) is 11.6 Å². The highest BCUT2D eigenvalue weighted by atomic mass is 19.1. The summed E-state index contributed by atoms with van der Waals surface area (Å²) >= 11 is 0. The van der Waals surface area contributed by atoms with E-state index in [0.29, 0.717) is 17.9 Å². The molecule has 1 saturated heterocycles. The second-order valence-electron chi connectivity index (χ2n) is 4.31. The summed E-state index contributed by atoms with van der Waals surface area (Å²) in [6, 6.07) is 1.94. The SMILES string of the molecule is Oc1cc(CC2CCCNC2)c(F)cc1F. The first-order valence-electron chi connectivity index (χ1n) is 5.54. The third kappa shape index (κ3) is 2.50. The minimum Gasteiger partial charge on any atom is -0.505 e. The van der Waals surface area contributed by atoms with Crippen LogP contribution in [0.1, 0.15) is 18.4 Å². The predicted octanol–water partition coefficient (Wildman–Crippen LogP) is 2.21. The highest BCUT2D eigenvalue weighted by Gasteiger charge is 2.17. The normalized spacial score (nSPS) is 21.0. The Morgan fingerprint density at radius 1 is 1.31 bits per heavy atom. The highest BCUT2D eigenvalue weighted by molar-refractivity contribution is 5.30. The summed E-state index contributed by atoms with van der Waals surface area (Å²) < 4.78 is 26.2. The first-order valence-corrected chi connectivity index (χ1v) is 5.54. The number of aromatic hydroxyl groups is 1. The number of halogens is 2. The molecule has 1 aliphatic rings. The highest BCUT2D eigenvalue weighted by Crippen LogP contribution is 2.24. The molecule has 0 amide bonds. The van der Waals surface area contributed by atoms with E-state index in [4.69, 9.17) is 0 Å². The summed E-state index contributed by atoms with van der Waals surface area (Å²) in [5.74, 6) is -1.57. The Morgan fingerprint density at radius 3 is 2.81 bits per heavy atom. The fourth-order valence-electron chi connectivity index (χ4n) is 2.15. The van der Waals surface area contributed by atoms with Gasteiger partial charge in [0.2, 0.25) is 0 Å². The molecule has 1 aliphatic heterocycles. The van der Waals surface area contributed by atoms with Gasteiger partial charge in [0.05, 0.1) is 0 Å². The molecule has 0 radical (unpaired) electrons. The van der Waals surface area contributed by atoms with Gasteiger partial charge >= 0.3 is 0 Å². The van der Waals surface area contributed by atoms with Gasteiger partial charge in [-0.05, 0) is 49.9 Å². The monoisotopic (exact) mass is 227 g/mol. The topological polar surface area (TPSA) is 32.3 Å². The maximum absolute atomic E-state index is 13.4. The maximum Gasteiger partial charge on any atom is 0.167 e. The fourth-order valence-corrected chi connectivity index (χ4v) is 2.15. The second-order valence-corrected chi connectivity index (χ2v) is 4.31. The standard InChI is InChI=1S/C12H15F2NO/c13-10-6-11(14)12(16)5-9(10)4-8-2-1-3-15-7-8/h5-6,8,15-16H,1-4,7H2. The van der Waals surface area contributed by atoms with Crippen molar-refractivity contribution in [3.63, 3.8) is 0 Å². The summed E-state index contributed by atoms with van der Waals surface area (Å²) in [7, 11) is 0. The van der Waals surface area contributed by atoms with Crippen LogP contribution >= 0.6 is 0 Å². The van der Waals surface area contributed by atoms with E-state index in [0.717, 1.165) is 32.0 Å². The summed E-state index contributed by atoms with van der Waals surface area (Å²) in [6.07, 6.45) is 2.68. The van der Waals surface area contributed by atoms with Crippen molar-refractivity contribution in [1.29, 1.82) is 0 Å². The molecular weight excluding hydrogens is 212 g/mol. The lowest BCUT2D eigenvalue weighted by molar-refractivity contribution is 0.369. The molecule has 1 heterocycles. The van der Waals surface area contributed by atoms with Gasteiger partial charge in [-0.1, -0.05) is 0 Å². The third-order valence-corrected chi connectivity index (χ3v) is 3.02. The number of hydrogen-bond acceptors (Lipinski definition) is 2. The van der Waals surface area contributed by atoms with Crippen LogP contribution in [0.4, 0.5) is 8.78 Å². The van der Waals surface area contributed by atoms with E-state index < -0.39 is 17.4 Å². The number of phenols is 1. The van der Waals surface area contributed by atoms with Crippen molar-refractivity contribution in [3.05, 3.63) is 29.3 Å². The molecule has 1 unspecified atom stereocenters. The van der Waals surface area contributed by atoms with Crippen molar-refractivity contribution in [2.24, 2.45) is 5.92 Å². The van der Waals surface area contributed by atoms with Crippen molar-refractivity contribution < 1.29 is 13.9 Å². The molecule has 1 fully saturated rings. The number of nitrogens with one attached hydrogen (secondary N) is 1. The van der Waals surface area contributed by atoms with Crippen LogP contribution in [-0.4, -0.2) is 18.2 Å². The van der Waals surface area contributed by atoms with Crippen LogP contribution < -0.4 is 5.32 Å². The largest absolute Gasteiger partial charge is 0.505 e. The van der Waals surface area contributed by atoms with Crippen molar-refractivity contribution in [2.75, 3.05) is 13.1 Å². The molecule has 1 aromatic carbocycles. The Morgan fingerprint density at radius 2 is 2.12 bits per heavy atom. The van der Waals surface area contributed by atoms with Gasteiger partial charge in [0.1, 0.15) is 5.82 Å². The van der Waals surface area contributed by atoms with E-state index in [1.165, 1.54) is 6.07 Å². The van der Waals surface area contributed by atoms with Crippen LogP contribution in [-0.2, 0) is 6.42 Å². The van der Waals surface area contributed by atoms with Gasteiger partial charge < -0.3 is 10.4 Å². The summed E-state index contributed by atoms with van der Waals surface area (Å²) in [5.41, 5.74) is 0.396. The zero-order chi connectivity index (χ0) is 11.5. The Hall–Kier alpha value is -1.16. The average molecular weight is 227 g/mol. The van der Waals surface area contributed by atoms with Crippen molar-refractivity contribution in [2.45, 2.75) is 19.3 Å². The smallest absolute Gasteiger partial charge is 0.167 e. The minimum atomic E-state index is -0.900. The number of hydrogen-bond donors (Lipinski definition) is 2. The molecule has 1 atom stereocenters. The molecule has 0 aromatic heterocycles. The predicted molar refractivity (Wildman–Crippen MR) is 57.3 cm³/mol. The van der Waals surface area contributed by atoms with E-state index in [2.05, 4.69) is 5.32 Å². The van der Waals surface area contributed by atoms with E-state index in [9.17, 15) is 13.9 Å². The van der Waals surface area contributed by atoms with Crippen LogP contribution in [0.2, 0.25) is 0 Å². The zero-order valence-electron chi connectivity index (χ0n) is 8.97. The van der Waals surface area contributed by atoms with E-state index in [1.54, 1.807) is 0 Å². The summed E-state index contributed by atoms with van der Waals surface area (Å²) in [4.78, 5) is 0. The molecule has 88 valence electrons. The van der Waals surface area contributed by atoms with Gasteiger partial charge in [0, 0.05) is 6.07 Å². The Bertz CT molecular complexity index is 376. The molecule has 0 spiro atoms. The molecule has 2 nitrogen and oxygen atoms in total. The van der Waals surface area contributed by atoms with Crippen molar-refractivity contribution >= 4 is 0 Å². The second kappa shape index (κ2) is 4.78. The number of piperidine rings is 1. The lowest BCUT2D eigenvalue weighted by Crippen LogP contribution is -2.31. The molecule has 2 rings (SSSR count). The zero-order valence-corrected chi connectivity index (χ0v) is 8.97. The fraction of sp³-hybridized carbons (Fsp3) is 0.500. The quantitative estimate of drug-likeness (QED) is 0.812. The van der Waals surface area contributed by atoms with Crippen LogP contribution in [0, 0.1) is 17.6 Å². The van der Waals surface area contributed by atoms with E-state index in [1.807, 2.05) is 0 Å². The van der Waals surface area contributed by atoms with Gasteiger partial charge in [-0.3, -0.25) is 0 Å². The summed E-state index contributed by atoms with van der Waals surface area (Å²) in [6.45, 7) is 1.87. The Kier molecular flexibility index (Phi) is 3.39. The van der Waals surface area contributed by atoms with E-state index in [-0.39, 0.29) is 0 Å². The molecule has 16 heavy (non-hydrogen) atoms. The maximum atomic E-state index is 13.4. The molecule has 4 heteroatoms. The molecular formula is C12H15F2NO. The van der Waals surface area contributed by atoms with Gasteiger partial charge in [-0.15, -0.1) is 0 Å². The van der Waals surface area contributed by atoms with Gasteiger partial charge in [-0.2, -0.15) is 0 Å². The lowest BCUT2D eigenvalue weighted by Gasteiger charge is -2.22. The van der Waals surface area contributed by atoms with Crippen LogP contribution in [0.15, 0.2) is 12.1 Å². The number of benzene rings is 1. The van der Waals surface area contributed by atoms with Crippen molar-refractivity contribution in [1.82, 2.24) is 5.32 Å². The molecule has 0 aliphatic carbocycles. The van der Waals surface area contributed by atoms with Crippen LogP contribution in [0.25, 0.3) is 0 Å². The van der Waals surface area contributed by atoms with Gasteiger partial charge in [0.25, 0.3) is 0 Å². The molecule has 0 saturated carbocycles. The minimum absolute atomic E-state index is 0.369. The van der Waals surface area contributed by atoms with Crippen molar-refractivity contribution in [3.8, 4) is 5.75 Å². The lowest BCUT2D eigenvalue weighted by atomic mass is 9.92. The molecule has 1 aromatic rings. The van der Waals surface area contributed by atoms with Crippen LogP contribution in [0.3, 0.4) is 0 Å². The Balaban J connectivity index is 2.11. The molecule has 0 bridgehead atoms. The first kappa shape index (κ1) is 11.3. The molecule has 2 N–H and O–H groups in total. The van der Waals surface area contributed by atoms with Gasteiger partial charge in [-0.25, -0.2) is 8.78 Å².